The number of esters is 1. The van der Waals surface area contributed by atoms with E-state index in [1.54, 1.807) is 0 Å². The fourth-order valence-electron chi connectivity index (χ4n) is 1.90. The van der Waals surface area contributed by atoms with E-state index in [0.717, 1.165) is 0 Å². The van der Waals surface area contributed by atoms with Crippen molar-refractivity contribution in [3.05, 3.63) is 0 Å². The van der Waals surface area contributed by atoms with Gasteiger partial charge >= 0.3 is 53.6 Å². The monoisotopic (exact) mass is 534 g/mol. The van der Waals surface area contributed by atoms with E-state index in [-0.39, 0.29) is 19.3 Å². The van der Waals surface area contributed by atoms with Crippen molar-refractivity contribution in [1.29, 1.82) is 0 Å². The highest BCUT2D eigenvalue weighted by Crippen LogP contribution is 2.63. The molecule has 0 aromatic rings. The molecule has 0 bridgehead atoms. The fourth-order valence-corrected chi connectivity index (χ4v) is 1.90. The van der Waals surface area contributed by atoms with Crippen LogP contribution in [0.2, 0.25) is 0 Å². The number of halogens is 17. The number of hydrogen-bond acceptors (Lipinski definition) is 2. The van der Waals surface area contributed by atoms with Crippen molar-refractivity contribution in [2.24, 2.45) is 0 Å². The minimum atomic E-state index is -8.73. The first-order chi connectivity index (χ1) is 14.2. The van der Waals surface area contributed by atoms with Crippen molar-refractivity contribution < 1.29 is 84.2 Å². The molecule has 0 saturated carbocycles. The van der Waals surface area contributed by atoms with Crippen LogP contribution in [0.5, 0.6) is 0 Å². The first-order valence-corrected chi connectivity index (χ1v) is 8.12. The van der Waals surface area contributed by atoms with E-state index in [4.69, 9.17) is 0 Å². The topological polar surface area (TPSA) is 26.3 Å². The molecule has 19 heteroatoms. The Morgan fingerprint density at radius 2 is 0.879 bits per heavy atom. The molecule has 0 spiro atoms. The molecule has 0 N–H and O–H groups in total. The van der Waals surface area contributed by atoms with E-state index < -0.39 is 60.2 Å². The largest absolute Gasteiger partial charge is 0.461 e. The number of carbonyl (C=O) groups is 1. The lowest BCUT2D eigenvalue weighted by atomic mass is 9.89. The number of alkyl halides is 17. The van der Waals surface area contributed by atoms with E-state index in [1.807, 2.05) is 0 Å². The predicted octanol–water partition coefficient (Wildman–Crippen LogP) is 6.73. The Bertz CT molecular complexity index is 694. The van der Waals surface area contributed by atoms with Crippen molar-refractivity contribution in [2.45, 2.75) is 73.8 Å². The molecule has 0 heterocycles. The van der Waals surface area contributed by atoms with Crippen LogP contribution in [0, 0.1) is 0 Å². The summed E-state index contributed by atoms with van der Waals surface area (Å²) in [6, 6.07) is 0. The molecule has 0 unspecified atom stereocenters. The molecule has 0 aliphatic carbocycles. The zero-order chi connectivity index (χ0) is 27.1. The number of unbranched alkanes of at least 4 members (excludes halogenated alkanes) is 2. The van der Waals surface area contributed by atoms with Gasteiger partial charge in [0.05, 0.1) is 6.61 Å². The third kappa shape index (κ3) is 4.51. The van der Waals surface area contributed by atoms with Gasteiger partial charge in [0.2, 0.25) is 0 Å². The average Bonchev–Trinajstić information content (AvgIpc) is 2.62. The van der Waals surface area contributed by atoms with Crippen LogP contribution in [0.15, 0.2) is 0 Å². The molecule has 0 aromatic heterocycles. The van der Waals surface area contributed by atoms with Gasteiger partial charge in [0.15, 0.2) is 0 Å². The van der Waals surface area contributed by atoms with Gasteiger partial charge in [0, 0.05) is 0 Å². The normalized spacial score (nSPS) is 15.6. The Morgan fingerprint density at radius 3 is 1.21 bits per heavy atom. The Hall–Kier alpha value is -1.72. The van der Waals surface area contributed by atoms with Crippen LogP contribution in [0.25, 0.3) is 0 Å². The van der Waals surface area contributed by atoms with Crippen molar-refractivity contribution in [3.8, 4) is 0 Å². The Labute approximate surface area is 172 Å². The van der Waals surface area contributed by atoms with Gasteiger partial charge in [0.25, 0.3) is 0 Å². The molecule has 0 rings (SSSR count). The summed E-state index contributed by atoms with van der Waals surface area (Å²) in [7, 11) is 0. The molecule has 198 valence electrons. The summed E-state index contributed by atoms with van der Waals surface area (Å²) < 4.78 is 225. The zero-order valence-corrected chi connectivity index (χ0v) is 15.6. The molecule has 33 heavy (non-hydrogen) atoms. The summed E-state index contributed by atoms with van der Waals surface area (Å²) >= 11 is 0. The highest BCUT2D eigenvalue weighted by atomic mass is 19.4. The minimum Gasteiger partial charge on any atom is -0.461 e. The second-order valence-corrected chi connectivity index (χ2v) is 6.36. The van der Waals surface area contributed by atoms with Crippen molar-refractivity contribution >= 4 is 5.97 Å². The molecule has 2 nitrogen and oxygen atoms in total. The lowest BCUT2D eigenvalue weighted by Gasteiger charge is -2.42. The maximum absolute atomic E-state index is 13.5. The Balaban J connectivity index is 6.45. The average molecular weight is 534 g/mol. The molecule has 0 aliphatic heterocycles. The van der Waals surface area contributed by atoms with Gasteiger partial charge in [0.1, 0.15) is 0 Å². The molecule has 0 amide bonds. The quantitative estimate of drug-likeness (QED) is 0.167. The van der Waals surface area contributed by atoms with Gasteiger partial charge in [-0.15, -0.1) is 0 Å². The second kappa shape index (κ2) is 8.81. The van der Waals surface area contributed by atoms with Crippen LogP contribution in [-0.4, -0.2) is 60.2 Å². The summed E-state index contributed by atoms with van der Waals surface area (Å²) in [6.07, 6.45) is -7.87. The van der Waals surface area contributed by atoms with Gasteiger partial charge in [-0.3, -0.25) is 0 Å². The maximum atomic E-state index is 13.5. The lowest BCUT2D eigenvalue weighted by molar-refractivity contribution is -0.460. The first-order valence-electron chi connectivity index (χ1n) is 8.12. The van der Waals surface area contributed by atoms with Crippen molar-refractivity contribution in [1.82, 2.24) is 0 Å². The summed E-state index contributed by atoms with van der Waals surface area (Å²) in [5, 5.41) is 0. The molecule has 0 fully saturated rings. The molecular weight excluding hydrogens is 523 g/mol. The van der Waals surface area contributed by atoms with Crippen LogP contribution in [0.3, 0.4) is 0 Å². The van der Waals surface area contributed by atoms with E-state index in [1.165, 1.54) is 6.92 Å². The first kappa shape index (κ1) is 31.3. The molecule has 0 radical (unpaired) electrons. The van der Waals surface area contributed by atoms with Crippen molar-refractivity contribution in [2.75, 3.05) is 6.61 Å². The molecule has 0 saturated heterocycles. The fraction of sp³-hybridized carbons (Fsp3) is 0.929. The maximum Gasteiger partial charge on any atom is 0.460 e. The van der Waals surface area contributed by atoms with E-state index in [0.29, 0.717) is 0 Å². The number of ether oxygens (including phenoxy) is 1. The lowest BCUT2D eigenvalue weighted by Crippen LogP contribution is -2.75. The SMILES string of the molecule is CCCCCOC(=O)C(F)(F)C(F)(F)C(F)(F)C(F)(F)C(F)(F)C(F)(F)C(F)(F)C(F)(F)F. The number of carbonyl (C=O) groups excluding carboxylic acids is 1. The number of rotatable bonds is 11. The molecule has 0 atom stereocenters. The Kier molecular flexibility index (Phi) is 8.35. The van der Waals surface area contributed by atoms with E-state index in [9.17, 15) is 79.4 Å². The van der Waals surface area contributed by atoms with Crippen LogP contribution in [0.1, 0.15) is 26.2 Å². The Morgan fingerprint density at radius 1 is 0.545 bits per heavy atom. The van der Waals surface area contributed by atoms with E-state index >= 15 is 0 Å². The van der Waals surface area contributed by atoms with Crippen LogP contribution >= 0.6 is 0 Å². The third-order valence-corrected chi connectivity index (χ3v) is 3.96. The smallest absolute Gasteiger partial charge is 0.460 e. The van der Waals surface area contributed by atoms with Gasteiger partial charge in [-0.2, -0.15) is 74.6 Å². The molecular formula is C14H11F17O2. The second-order valence-electron chi connectivity index (χ2n) is 6.36. The highest BCUT2D eigenvalue weighted by molar-refractivity contribution is 5.79. The summed E-state index contributed by atoms with van der Waals surface area (Å²) in [6.45, 7) is 0.248. The summed E-state index contributed by atoms with van der Waals surface area (Å²) in [5.41, 5.74) is 0. The van der Waals surface area contributed by atoms with Crippen LogP contribution in [-0.2, 0) is 9.53 Å². The predicted molar refractivity (Wildman–Crippen MR) is 71.2 cm³/mol. The third-order valence-electron chi connectivity index (χ3n) is 3.96. The van der Waals surface area contributed by atoms with E-state index in [2.05, 4.69) is 4.74 Å². The van der Waals surface area contributed by atoms with Crippen molar-refractivity contribution in [3.63, 3.8) is 0 Å². The van der Waals surface area contributed by atoms with Gasteiger partial charge in [-0.1, -0.05) is 19.8 Å². The number of hydrogen-bond donors (Lipinski definition) is 0. The van der Waals surface area contributed by atoms with Gasteiger partial charge < -0.3 is 4.74 Å². The highest BCUT2D eigenvalue weighted by Gasteiger charge is 2.95. The van der Waals surface area contributed by atoms with Crippen LogP contribution in [0.4, 0.5) is 74.6 Å². The minimum absolute atomic E-state index is 0.0538. The van der Waals surface area contributed by atoms with Gasteiger partial charge in [-0.05, 0) is 6.42 Å². The molecule has 0 aliphatic rings. The summed E-state index contributed by atoms with van der Waals surface area (Å²) in [5.74, 6) is -61.7. The standard InChI is InChI=1S/C14H11F17O2/c1-2-3-4-5-33-6(32)7(15,16)8(17,18)9(19,20)10(21,22)11(23,24)12(25,26)13(27,28)14(29,30)31/h2-5H2,1H3. The molecule has 0 aromatic carbocycles. The van der Waals surface area contributed by atoms with Gasteiger partial charge in [-0.25, -0.2) is 4.79 Å². The van der Waals surface area contributed by atoms with Crippen LogP contribution < -0.4 is 0 Å². The zero-order valence-electron chi connectivity index (χ0n) is 15.6. The summed E-state index contributed by atoms with van der Waals surface area (Å²) in [4.78, 5) is 11.0.